The first-order valence-electron chi connectivity index (χ1n) is 10.9. The lowest BCUT2D eigenvalue weighted by atomic mass is 9.82. The molecule has 2 nitrogen and oxygen atoms in total. The minimum atomic E-state index is 0.722. The number of likely N-dealkylation sites (tertiary alicyclic amines) is 2. The van der Waals surface area contributed by atoms with Crippen LogP contribution in [0.3, 0.4) is 0 Å². The summed E-state index contributed by atoms with van der Waals surface area (Å²) >= 11 is 0. The minimum absolute atomic E-state index is 0.722. The molecule has 2 saturated heterocycles. The Morgan fingerprint density at radius 2 is 1.33 bits per heavy atom. The highest BCUT2D eigenvalue weighted by atomic mass is 15.2. The van der Waals surface area contributed by atoms with Crippen molar-refractivity contribution in [3.05, 3.63) is 0 Å². The predicted molar refractivity (Wildman–Crippen MR) is 106 cm³/mol. The molecule has 4 unspecified atom stereocenters. The summed E-state index contributed by atoms with van der Waals surface area (Å²) in [5.41, 5.74) is 0. The summed E-state index contributed by atoms with van der Waals surface area (Å²) in [6.07, 6.45) is 8.53. The highest BCUT2D eigenvalue weighted by molar-refractivity contribution is 4.82. The molecule has 24 heavy (non-hydrogen) atoms. The van der Waals surface area contributed by atoms with Crippen LogP contribution in [0.15, 0.2) is 0 Å². The summed E-state index contributed by atoms with van der Waals surface area (Å²) in [5, 5.41) is 0. The number of rotatable bonds is 7. The molecule has 0 saturated carbocycles. The average Bonchev–Trinajstić information content (AvgIpc) is 2.59. The summed E-state index contributed by atoms with van der Waals surface area (Å²) < 4.78 is 0. The highest BCUT2D eigenvalue weighted by Crippen LogP contribution is 2.30. The molecule has 0 spiro atoms. The van der Waals surface area contributed by atoms with Crippen molar-refractivity contribution in [3.63, 3.8) is 0 Å². The molecule has 2 fully saturated rings. The van der Waals surface area contributed by atoms with Gasteiger partial charge in [-0.2, -0.15) is 0 Å². The fourth-order valence-electron chi connectivity index (χ4n) is 4.88. The second kappa shape index (κ2) is 9.57. The second-order valence-corrected chi connectivity index (χ2v) is 9.54. The van der Waals surface area contributed by atoms with Crippen LogP contribution in [0, 0.1) is 23.7 Å². The Balaban J connectivity index is 1.75. The van der Waals surface area contributed by atoms with E-state index >= 15 is 0 Å². The molecule has 0 aromatic carbocycles. The van der Waals surface area contributed by atoms with E-state index in [0.29, 0.717) is 0 Å². The summed E-state index contributed by atoms with van der Waals surface area (Å²) in [6.45, 7) is 19.9. The molecule has 142 valence electrons. The van der Waals surface area contributed by atoms with Crippen LogP contribution >= 0.6 is 0 Å². The fraction of sp³-hybridized carbons (Fsp3) is 1.00. The fourth-order valence-corrected chi connectivity index (χ4v) is 4.88. The normalized spacial score (nSPS) is 30.0. The lowest BCUT2D eigenvalue weighted by Gasteiger charge is -2.40. The van der Waals surface area contributed by atoms with Gasteiger partial charge in [0.1, 0.15) is 0 Å². The average molecular weight is 337 g/mol. The van der Waals surface area contributed by atoms with Gasteiger partial charge in [0.05, 0.1) is 0 Å². The van der Waals surface area contributed by atoms with Gasteiger partial charge in [-0.15, -0.1) is 0 Å². The lowest BCUT2D eigenvalue weighted by molar-refractivity contribution is 0.0873. The molecule has 2 aliphatic heterocycles. The van der Waals surface area contributed by atoms with E-state index in [1.54, 1.807) is 0 Å². The monoisotopic (exact) mass is 336 g/mol. The van der Waals surface area contributed by atoms with Crippen molar-refractivity contribution in [2.75, 3.05) is 26.2 Å². The largest absolute Gasteiger partial charge is 0.301 e. The van der Waals surface area contributed by atoms with Crippen molar-refractivity contribution in [2.24, 2.45) is 23.7 Å². The van der Waals surface area contributed by atoms with E-state index in [1.165, 1.54) is 64.7 Å². The minimum Gasteiger partial charge on any atom is -0.301 e. The van der Waals surface area contributed by atoms with Gasteiger partial charge in [0.25, 0.3) is 0 Å². The maximum atomic E-state index is 2.79. The van der Waals surface area contributed by atoms with Crippen molar-refractivity contribution >= 4 is 0 Å². The summed E-state index contributed by atoms with van der Waals surface area (Å²) in [5.74, 6) is 3.59. The first-order chi connectivity index (χ1) is 11.4. The van der Waals surface area contributed by atoms with Crippen molar-refractivity contribution < 1.29 is 0 Å². The second-order valence-electron chi connectivity index (χ2n) is 9.54. The molecule has 2 heterocycles. The zero-order chi connectivity index (χ0) is 17.7. The Bertz CT molecular complexity index is 318. The molecule has 0 amide bonds. The molecule has 0 bridgehead atoms. The van der Waals surface area contributed by atoms with Crippen LogP contribution in [0.5, 0.6) is 0 Å². The van der Waals surface area contributed by atoms with Gasteiger partial charge in [-0.3, -0.25) is 0 Å². The van der Waals surface area contributed by atoms with Crippen LogP contribution in [-0.2, 0) is 0 Å². The Labute approximate surface area is 152 Å². The van der Waals surface area contributed by atoms with E-state index in [9.17, 15) is 0 Å². The number of hydrogen-bond donors (Lipinski definition) is 0. The molecule has 2 heteroatoms. The third kappa shape index (κ3) is 5.73. The first-order valence-corrected chi connectivity index (χ1v) is 10.9. The molecule has 0 aromatic heterocycles. The third-order valence-electron chi connectivity index (χ3n) is 7.12. The first kappa shape index (κ1) is 20.2. The van der Waals surface area contributed by atoms with Crippen LogP contribution in [0.4, 0.5) is 0 Å². The summed E-state index contributed by atoms with van der Waals surface area (Å²) in [7, 11) is 0. The van der Waals surface area contributed by atoms with Gasteiger partial charge >= 0.3 is 0 Å². The van der Waals surface area contributed by atoms with Gasteiger partial charge in [-0.1, -0.05) is 20.8 Å². The zero-order valence-corrected chi connectivity index (χ0v) is 17.4. The molecular formula is C22H44N2. The number of nitrogens with zero attached hydrogens (tertiary/aromatic N) is 2. The van der Waals surface area contributed by atoms with Gasteiger partial charge in [0, 0.05) is 25.2 Å². The highest BCUT2D eigenvalue weighted by Gasteiger charge is 2.28. The summed E-state index contributed by atoms with van der Waals surface area (Å²) in [6, 6.07) is 1.50. The molecule has 0 radical (unpaired) electrons. The van der Waals surface area contributed by atoms with E-state index in [-0.39, 0.29) is 0 Å². The van der Waals surface area contributed by atoms with Crippen LogP contribution in [0.2, 0.25) is 0 Å². The number of piperidine rings is 2. The van der Waals surface area contributed by atoms with Crippen molar-refractivity contribution in [1.82, 2.24) is 9.80 Å². The van der Waals surface area contributed by atoms with E-state index in [1.807, 2.05) is 0 Å². The quantitative estimate of drug-likeness (QED) is 0.624. The molecular weight excluding hydrogens is 292 g/mol. The van der Waals surface area contributed by atoms with Crippen molar-refractivity contribution in [1.29, 1.82) is 0 Å². The van der Waals surface area contributed by atoms with Gasteiger partial charge in [-0.05, 0) is 96.1 Å². The van der Waals surface area contributed by atoms with Crippen LogP contribution in [0.1, 0.15) is 80.1 Å². The van der Waals surface area contributed by atoms with E-state index in [4.69, 9.17) is 0 Å². The van der Waals surface area contributed by atoms with E-state index in [0.717, 1.165) is 35.8 Å². The van der Waals surface area contributed by atoms with Gasteiger partial charge < -0.3 is 9.80 Å². The SMILES string of the molecule is CC(C)C1CCCN(C(C)CCC(C)C2CCCN(C(C)C)C2)C1. The van der Waals surface area contributed by atoms with Crippen LogP contribution in [0.25, 0.3) is 0 Å². The Morgan fingerprint density at radius 3 is 1.96 bits per heavy atom. The molecule has 0 aliphatic carbocycles. The Kier molecular flexibility index (Phi) is 8.07. The standard InChI is InChI=1S/C22H44N2/c1-17(2)21-9-7-14-24(15-21)20(6)12-11-19(5)22-10-8-13-23(16-22)18(3)4/h17-22H,7-16H2,1-6H3. The van der Waals surface area contributed by atoms with Gasteiger partial charge in [-0.25, -0.2) is 0 Å². The smallest absolute Gasteiger partial charge is 0.00671 e. The lowest BCUT2D eigenvalue weighted by Crippen LogP contribution is -2.43. The van der Waals surface area contributed by atoms with Crippen LogP contribution < -0.4 is 0 Å². The Hall–Kier alpha value is -0.0800. The maximum absolute atomic E-state index is 2.79. The molecule has 0 N–H and O–H groups in total. The van der Waals surface area contributed by atoms with E-state index < -0.39 is 0 Å². The third-order valence-corrected chi connectivity index (χ3v) is 7.12. The molecule has 2 rings (SSSR count). The topological polar surface area (TPSA) is 6.48 Å². The van der Waals surface area contributed by atoms with Crippen molar-refractivity contribution in [3.8, 4) is 0 Å². The zero-order valence-electron chi connectivity index (χ0n) is 17.4. The molecule has 2 aliphatic rings. The van der Waals surface area contributed by atoms with Crippen molar-refractivity contribution in [2.45, 2.75) is 92.2 Å². The molecule has 4 atom stereocenters. The Morgan fingerprint density at radius 1 is 0.750 bits per heavy atom. The predicted octanol–water partition coefficient (Wildman–Crippen LogP) is 5.28. The number of hydrogen-bond acceptors (Lipinski definition) is 2. The van der Waals surface area contributed by atoms with Gasteiger partial charge in [0.2, 0.25) is 0 Å². The van der Waals surface area contributed by atoms with E-state index in [2.05, 4.69) is 51.3 Å². The van der Waals surface area contributed by atoms with Crippen LogP contribution in [-0.4, -0.2) is 48.1 Å². The van der Waals surface area contributed by atoms with Gasteiger partial charge in [0.15, 0.2) is 0 Å². The summed E-state index contributed by atoms with van der Waals surface area (Å²) in [4.78, 5) is 5.49. The molecule has 0 aromatic rings. The maximum Gasteiger partial charge on any atom is 0.00671 e.